The highest BCUT2D eigenvalue weighted by atomic mass is 16.6. The number of aromatic carboxylic acids is 1. The SMILES string of the molecule is Cc1nc2oc3ccc([N+](=O)[O-])cc3c(=O)c2cc1C(=O)O. The van der Waals surface area contributed by atoms with Crippen molar-refractivity contribution in [3.8, 4) is 0 Å². The van der Waals surface area contributed by atoms with Gasteiger partial charge in [-0.3, -0.25) is 14.9 Å². The zero-order valence-corrected chi connectivity index (χ0v) is 11.2. The number of nitro benzene ring substituents is 1. The average molecular weight is 300 g/mol. The van der Waals surface area contributed by atoms with Gasteiger partial charge in [0, 0.05) is 12.1 Å². The van der Waals surface area contributed by atoms with Crippen LogP contribution in [0.5, 0.6) is 0 Å². The number of pyridine rings is 1. The van der Waals surface area contributed by atoms with Crippen LogP contribution in [0, 0.1) is 17.0 Å². The number of carboxylic acids is 1. The maximum absolute atomic E-state index is 12.4. The van der Waals surface area contributed by atoms with Crippen LogP contribution in [0.25, 0.3) is 22.1 Å². The lowest BCUT2D eigenvalue weighted by molar-refractivity contribution is -0.384. The predicted molar refractivity (Wildman–Crippen MR) is 76.1 cm³/mol. The minimum absolute atomic E-state index is 0.00342. The third kappa shape index (κ3) is 1.97. The second-order valence-corrected chi connectivity index (χ2v) is 4.65. The van der Waals surface area contributed by atoms with E-state index in [1.165, 1.54) is 25.1 Å². The van der Waals surface area contributed by atoms with Crippen LogP contribution in [0.15, 0.2) is 33.5 Å². The van der Waals surface area contributed by atoms with Gasteiger partial charge in [0.05, 0.1) is 27.0 Å². The number of carbonyl (C=O) groups is 1. The van der Waals surface area contributed by atoms with Crippen molar-refractivity contribution in [2.45, 2.75) is 6.92 Å². The first kappa shape index (κ1) is 13.7. The molecule has 0 aliphatic heterocycles. The van der Waals surface area contributed by atoms with E-state index in [0.717, 1.165) is 6.07 Å². The fourth-order valence-electron chi connectivity index (χ4n) is 2.19. The first-order valence-corrected chi connectivity index (χ1v) is 6.14. The Labute approximate surface area is 121 Å². The Balaban J connectivity index is 2.45. The van der Waals surface area contributed by atoms with E-state index in [-0.39, 0.29) is 39.0 Å². The van der Waals surface area contributed by atoms with E-state index in [2.05, 4.69) is 4.98 Å². The zero-order chi connectivity index (χ0) is 16.0. The van der Waals surface area contributed by atoms with E-state index >= 15 is 0 Å². The van der Waals surface area contributed by atoms with Gasteiger partial charge in [0.2, 0.25) is 11.1 Å². The second-order valence-electron chi connectivity index (χ2n) is 4.65. The van der Waals surface area contributed by atoms with Crippen LogP contribution in [-0.2, 0) is 0 Å². The molecule has 1 N–H and O–H groups in total. The molecule has 0 spiro atoms. The Morgan fingerprint density at radius 2 is 2.05 bits per heavy atom. The molecule has 0 aliphatic carbocycles. The standard InChI is InChI=1S/C14H8N2O6/c1-6-8(14(18)19)5-10-12(17)9-4-7(16(20)21)2-3-11(9)22-13(10)15-6/h2-5H,1H3,(H,18,19). The number of nitrogens with zero attached hydrogens (tertiary/aromatic N) is 2. The summed E-state index contributed by atoms with van der Waals surface area (Å²) in [6.07, 6.45) is 0. The minimum Gasteiger partial charge on any atom is -0.478 e. The van der Waals surface area contributed by atoms with Gasteiger partial charge in [-0.05, 0) is 19.1 Å². The van der Waals surface area contributed by atoms with Crippen LogP contribution < -0.4 is 5.43 Å². The normalized spacial score (nSPS) is 11.0. The molecule has 0 atom stereocenters. The lowest BCUT2D eigenvalue weighted by Crippen LogP contribution is -2.08. The fraction of sp³-hybridized carbons (Fsp3) is 0.0714. The highest BCUT2D eigenvalue weighted by Gasteiger charge is 2.17. The summed E-state index contributed by atoms with van der Waals surface area (Å²) in [6.45, 7) is 1.49. The van der Waals surface area contributed by atoms with E-state index in [0.29, 0.717) is 0 Å². The molecule has 22 heavy (non-hydrogen) atoms. The van der Waals surface area contributed by atoms with E-state index in [1.807, 2.05) is 0 Å². The Morgan fingerprint density at radius 3 is 2.68 bits per heavy atom. The molecule has 0 radical (unpaired) electrons. The Kier molecular flexibility index (Phi) is 2.87. The molecule has 3 rings (SSSR count). The van der Waals surface area contributed by atoms with Gasteiger partial charge in [0.25, 0.3) is 5.69 Å². The molecule has 8 nitrogen and oxygen atoms in total. The van der Waals surface area contributed by atoms with E-state index in [9.17, 15) is 19.7 Å². The number of aryl methyl sites for hydroxylation is 1. The molecule has 110 valence electrons. The second kappa shape index (κ2) is 4.62. The Bertz CT molecular complexity index is 1020. The molecule has 2 heterocycles. The summed E-state index contributed by atoms with van der Waals surface area (Å²) in [5.74, 6) is -1.22. The van der Waals surface area contributed by atoms with Crippen LogP contribution in [-0.4, -0.2) is 21.0 Å². The lowest BCUT2D eigenvalue weighted by atomic mass is 10.1. The number of hydrogen-bond acceptors (Lipinski definition) is 6. The molecule has 0 saturated carbocycles. The molecule has 2 aromatic heterocycles. The Hall–Kier alpha value is -3.29. The number of aromatic nitrogens is 1. The van der Waals surface area contributed by atoms with E-state index in [1.54, 1.807) is 0 Å². The first-order chi connectivity index (χ1) is 10.4. The van der Waals surface area contributed by atoms with Crippen LogP contribution in [0.1, 0.15) is 16.1 Å². The van der Waals surface area contributed by atoms with Crippen molar-refractivity contribution in [3.05, 3.63) is 55.9 Å². The topological polar surface area (TPSA) is 124 Å². The van der Waals surface area contributed by atoms with Crippen LogP contribution in [0.2, 0.25) is 0 Å². The third-order valence-electron chi connectivity index (χ3n) is 3.28. The largest absolute Gasteiger partial charge is 0.478 e. The maximum atomic E-state index is 12.4. The molecular formula is C14H8N2O6. The molecule has 0 amide bonds. The van der Waals surface area contributed by atoms with Gasteiger partial charge >= 0.3 is 5.97 Å². The van der Waals surface area contributed by atoms with Gasteiger partial charge in [-0.25, -0.2) is 9.78 Å². The summed E-state index contributed by atoms with van der Waals surface area (Å²) in [7, 11) is 0. The molecule has 3 aromatic rings. The molecule has 0 bridgehead atoms. The highest BCUT2D eigenvalue weighted by Crippen LogP contribution is 2.23. The number of hydrogen-bond donors (Lipinski definition) is 1. The van der Waals surface area contributed by atoms with Crippen molar-refractivity contribution >= 4 is 33.7 Å². The molecule has 1 aromatic carbocycles. The van der Waals surface area contributed by atoms with Crippen molar-refractivity contribution in [2.24, 2.45) is 0 Å². The van der Waals surface area contributed by atoms with Crippen molar-refractivity contribution in [2.75, 3.05) is 0 Å². The van der Waals surface area contributed by atoms with Gasteiger partial charge < -0.3 is 9.52 Å². The summed E-state index contributed by atoms with van der Waals surface area (Å²) >= 11 is 0. The zero-order valence-electron chi connectivity index (χ0n) is 11.2. The lowest BCUT2D eigenvalue weighted by Gasteiger charge is -2.04. The third-order valence-corrected chi connectivity index (χ3v) is 3.28. The Morgan fingerprint density at radius 1 is 1.32 bits per heavy atom. The minimum atomic E-state index is -1.22. The molecule has 0 aliphatic rings. The molecule has 0 unspecified atom stereocenters. The number of fused-ring (bicyclic) bond motifs is 2. The van der Waals surface area contributed by atoms with Crippen molar-refractivity contribution < 1.29 is 19.2 Å². The van der Waals surface area contributed by atoms with Crippen molar-refractivity contribution in [1.29, 1.82) is 0 Å². The molecule has 8 heteroatoms. The van der Waals surface area contributed by atoms with Gasteiger partial charge in [-0.2, -0.15) is 0 Å². The van der Waals surface area contributed by atoms with Crippen LogP contribution >= 0.6 is 0 Å². The summed E-state index contributed by atoms with van der Waals surface area (Å²) in [6, 6.07) is 4.80. The monoisotopic (exact) mass is 300 g/mol. The predicted octanol–water partition coefficient (Wildman–Crippen LogP) is 2.26. The van der Waals surface area contributed by atoms with Gasteiger partial charge in [-0.15, -0.1) is 0 Å². The number of carboxylic acid groups (broad SMARTS) is 1. The van der Waals surface area contributed by atoms with Gasteiger partial charge in [0.15, 0.2) is 0 Å². The van der Waals surface area contributed by atoms with Gasteiger partial charge in [-0.1, -0.05) is 0 Å². The summed E-state index contributed by atoms with van der Waals surface area (Å²) in [5, 5.41) is 19.8. The van der Waals surface area contributed by atoms with E-state index in [4.69, 9.17) is 9.52 Å². The quantitative estimate of drug-likeness (QED) is 0.437. The van der Waals surface area contributed by atoms with E-state index < -0.39 is 16.3 Å². The summed E-state index contributed by atoms with van der Waals surface area (Å²) < 4.78 is 5.45. The fourth-order valence-corrected chi connectivity index (χ4v) is 2.19. The number of nitro groups is 1. The number of benzene rings is 1. The molecular weight excluding hydrogens is 292 g/mol. The summed E-state index contributed by atoms with van der Waals surface area (Å²) in [5.41, 5.74) is -0.575. The summed E-state index contributed by atoms with van der Waals surface area (Å²) in [4.78, 5) is 37.7. The molecule has 0 saturated heterocycles. The number of non-ortho nitro benzene ring substituents is 1. The first-order valence-electron chi connectivity index (χ1n) is 6.14. The van der Waals surface area contributed by atoms with Crippen molar-refractivity contribution in [1.82, 2.24) is 4.98 Å². The van der Waals surface area contributed by atoms with Crippen LogP contribution in [0.3, 0.4) is 0 Å². The molecule has 0 fully saturated rings. The average Bonchev–Trinajstić information content (AvgIpc) is 2.46. The van der Waals surface area contributed by atoms with Crippen molar-refractivity contribution in [3.63, 3.8) is 0 Å². The van der Waals surface area contributed by atoms with Gasteiger partial charge in [0.1, 0.15) is 5.58 Å². The van der Waals surface area contributed by atoms with Crippen LogP contribution in [0.4, 0.5) is 5.69 Å². The maximum Gasteiger partial charge on any atom is 0.337 e. The smallest absolute Gasteiger partial charge is 0.337 e. The number of rotatable bonds is 2. The highest BCUT2D eigenvalue weighted by molar-refractivity contribution is 5.95.